The molecule has 1 heterocycles. The fourth-order valence-corrected chi connectivity index (χ4v) is 2.33. The van der Waals surface area contributed by atoms with E-state index in [1.807, 2.05) is 5.32 Å². The molecule has 2 atom stereocenters. The highest BCUT2D eigenvalue weighted by molar-refractivity contribution is 5.93. The molecule has 13 heteroatoms. The first-order valence-corrected chi connectivity index (χ1v) is 8.98. The molecule has 164 valence electrons. The SMILES string of the molecule is O=C(O)CC[C@H](NC(=O)N[C@@H](CCCCNC(=O)c1cncnc1)C(=O)O)C(=O)O. The molecule has 0 aliphatic carbocycles. The minimum atomic E-state index is -1.47. The number of rotatable bonds is 13. The van der Waals surface area contributed by atoms with E-state index in [1.54, 1.807) is 0 Å². The lowest BCUT2D eigenvalue weighted by Gasteiger charge is -2.18. The second-order valence-electron chi connectivity index (χ2n) is 6.21. The molecular weight excluding hydrogens is 402 g/mol. The smallest absolute Gasteiger partial charge is 0.326 e. The Bertz CT molecular complexity index is 758. The first kappa shape index (κ1) is 24.3. The van der Waals surface area contributed by atoms with Crippen LogP contribution in [0.5, 0.6) is 0 Å². The summed E-state index contributed by atoms with van der Waals surface area (Å²) in [5.74, 6) is -4.34. The largest absolute Gasteiger partial charge is 0.481 e. The summed E-state index contributed by atoms with van der Waals surface area (Å²) in [5, 5.41) is 33.7. The molecule has 0 saturated carbocycles. The van der Waals surface area contributed by atoms with Crippen molar-refractivity contribution in [3.05, 3.63) is 24.3 Å². The van der Waals surface area contributed by atoms with Gasteiger partial charge in [-0.05, 0) is 25.7 Å². The van der Waals surface area contributed by atoms with E-state index in [9.17, 15) is 29.1 Å². The number of nitrogens with one attached hydrogen (secondary N) is 3. The van der Waals surface area contributed by atoms with Crippen LogP contribution in [0.25, 0.3) is 0 Å². The molecule has 0 aromatic carbocycles. The van der Waals surface area contributed by atoms with Crippen molar-refractivity contribution in [3.63, 3.8) is 0 Å². The molecule has 30 heavy (non-hydrogen) atoms. The van der Waals surface area contributed by atoms with Gasteiger partial charge in [-0.1, -0.05) is 0 Å². The van der Waals surface area contributed by atoms with Crippen LogP contribution >= 0.6 is 0 Å². The first-order chi connectivity index (χ1) is 14.2. The van der Waals surface area contributed by atoms with Crippen LogP contribution in [0.1, 0.15) is 42.5 Å². The Morgan fingerprint density at radius 2 is 1.43 bits per heavy atom. The molecule has 0 spiro atoms. The number of aromatic nitrogens is 2. The van der Waals surface area contributed by atoms with Crippen molar-refractivity contribution < 1.29 is 39.3 Å². The molecule has 0 saturated heterocycles. The van der Waals surface area contributed by atoms with E-state index < -0.39 is 42.4 Å². The van der Waals surface area contributed by atoms with Crippen molar-refractivity contribution in [1.82, 2.24) is 25.9 Å². The standard InChI is InChI=1S/C17H23N5O8/c23-13(24)5-4-12(16(28)29)22-17(30)21-11(15(26)27)3-1-2-6-20-14(25)10-7-18-9-19-8-10/h7-9,11-12H,1-6H2,(H,20,25)(H,23,24)(H,26,27)(H,28,29)(H2,21,22,30)/t11-,12-/m0/s1. The van der Waals surface area contributed by atoms with Gasteiger partial charge in [-0.25, -0.2) is 24.4 Å². The lowest BCUT2D eigenvalue weighted by Crippen LogP contribution is -2.51. The Labute approximate surface area is 170 Å². The Balaban J connectivity index is 2.39. The third kappa shape index (κ3) is 9.43. The van der Waals surface area contributed by atoms with Gasteiger partial charge in [0, 0.05) is 25.4 Å². The Morgan fingerprint density at radius 1 is 0.867 bits per heavy atom. The molecule has 1 aromatic rings. The molecule has 3 amide bonds. The highest BCUT2D eigenvalue weighted by atomic mass is 16.4. The Kier molecular flexibility index (Phi) is 10.2. The second-order valence-corrected chi connectivity index (χ2v) is 6.21. The molecule has 0 aliphatic heterocycles. The van der Waals surface area contributed by atoms with Crippen molar-refractivity contribution in [3.8, 4) is 0 Å². The molecule has 0 radical (unpaired) electrons. The molecule has 1 aromatic heterocycles. The normalized spacial score (nSPS) is 12.3. The maximum absolute atomic E-state index is 11.9. The first-order valence-electron chi connectivity index (χ1n) is 8.98. The van der Waals surface area contributed by atoms with Gasteiger partial charge in [-0.3, -0.25) is 9.59 Å². The van der Waals surface area contributed by atoms with Crippen LogP contribution in [0, 0.1) is 0 Å². The summed E-state index contributed by atoms with van der Waals surface area (Å²) in [6.07, 6.45) is 4.00. The van der Waals surface area contributed by atoms with Gasteiger partial charge >= 0.3 is 23.9 Å². The predicted molar refractivity (Wildman–Crippen MR) is 99.6 cm³/mol. The van der Waals surface area contributed by atoms with Crippen LogP contribution < -0.4 is 16.0 Å². The molecule has 13 nitrogen and oxygen atoms in total. The van der Waals surface area contributed by atoms with E-state index in [-0.39, 0.29) is 30.9 Å². The van der Waals surface area contributed by atoms with E-state index in [1.165, 1.54) is 18.7 Å². The molecule has 0 aliphatic rings. The average molecular weight is 425 g/mol. The Hall–Kier alpha value is -3.77. The van der Waals surface area contributed by atoms with E-state index in [2.05, 4.69) is 20.6 Å². The quantitative estimate of drug-likeness (QED) is 0.222. The Morgan fingerprint density at radius 3 is 1.97 bits per heavy atom. The van der Waals surface area contributed by atoms with Gasteiger partial charge in [0.1, 0.15) is 18.4 Å². The number of aliphatic carboxylic acids is 3. The minimum Gasteiger partial charge on any atom is -0.481 e. The molecule has 0 bridgehead atoms. The van der Waals surface area contributed by atoms with Crippen LogP contribution in [-0.2, 0) is 14.4 Å². The van der Waals surface area contributed by atoms with E-state index in [4.69, 9.17) is 10.2 Å². The lowest BCUT2D eigenvalue weighted by molar-refractivity contribution is -0.140. The van der Waals surface area contributed by atoms with Crippen molar-refractivity contribution in [1.29, 1.82) is 0 Å². The molecular formula is C17H23N5O8. The van der Waals surface area contributed by atoms with E-state index in [0.29, 0.717) is 12.8 Å². The van der Waals surface area contributed by atoms with Crippen LogP contribution in [-0.4, -0.2) is 73.8 Å². The summed E-state index contributed by atoms with van der Waals surface area (Å²) in [6.45, 7) is 0.266. The van der Waals surface area contributed by atoms with Crippen molar-refractivity contribution >= 4 is 29.8 Å². The number of hydrogen-bond acceptors (Lipinski definition) is 7. The number of carboxylic acids is 3. The summed E-state index contributed by atoms with van der Waals surface area (Å²) >= 11 is 0. The zero-order valence-electron chi connectivity index (χ0n) is 15.9. The van der Waals surface area contributed by atoms with Crippen LogP contribution in [0.2, 0.25) is 0 Å². The topological polar surface area (TPSA) is 208 Å². The van der Waals surface area contributed by atoms with Crippen molar-refractivity contribution in [2.45, 2.75) is 44.2 Å². The second kappa shape index (κ2) is 12.6. The number of hydrogen-bond donors (Lipinski definition) is 6. The monoisotopic (exact) mass is 425 g/mol. The number of carbonyl (C=O) groups is 5. The number of unbranched alkanes of at least 4 members (excludes halogenated alkanes) is 1. The van der Waals surface area contributed by atoms with Crippen molar-refractivity contribution in [2.24, 2.45) is 0 Å². The third-order valence-corrected chi connectivity index (χ3v) is 3.88. The highest BCUT2D eigenvalue weighted by Gasteiger charge is 2.24. The molecule has 1 rings (SSSR count). The predicted octanol–water partition coefficient (Wildman–Crippen LogP) is -0.553. The van der Waals surface area contributed by atoms with Crippen molar-refractivity contribution in [2.75, 3.05) is 6.54 Å². The molecule has 0 unspecified atom stereocenters. The zero-order chi connectivity index (χ0) is 22.5. The number of urea groups is 1. The van der Waals surface area contributed by atoms with Crippen LogP contribution in [0.4, 0.5) is 4.79 Å². The summed E-state index contributed by atoms with van der Waals surface area (Å²) in [6, 6.07) is -3.78. The number of carboxylic acid groups (broad SMARTS) is 3. The van der Waals surface area contributed by atoms with Gasteiger partial charge in [0.25, 0.3) is 5.91 Å². The third-order valence-electron chi connectivity index (χ3n) is 3.88. The highest BCUT2D eigenvalue weighted by Crippen LogP contribution is 2.03. The summed E-state index contributed by atoms with van der Waals surface area (Å²) in [4.78, 5) is 64.1. The fraction of sp³-hybridized carbons (Fsp3) is 0.471. The summed E-state index contributed by atoms with van der Waals surface area (Å²) in [7, 11) is 0. The van der Waals surface area contributed by atoms with Gasteiger partial charge in [0.05, 0.1) is 5.56 Å². The maximum Gasteiger partial charge on any atom is 0.326 e. The van der Waals surface area contributed by atoms with Crippen LogP contribution in [0.3, 0.4) is 0 Å². The summed E-state index contributed by atoms with van der Waals surface area (Å²) in [5.41, 5.74) is 0.287. The number of amides is 3. The zero-order valence-corrected chi connectivity index (χ0v) is 15.9. The van der Waals surface area contributed by atoms with E-state index >= 15 is 0 Å². The van der Waals surface area contributed by atoms with Gasteiger partial charge in [-0.15, -0.1) is 0 Å². The summed E-state index contributed by atoms with van der Waals surface area (Å²) < 4.78 is 0. The maximum atomic E-state index is 11.9. The minimum absolute atomic E-state index is 0.0416. The van der Waals surface area contributed by atoms with E-state index in [0.717, 1.165) is 0 Å². The van der Waals surface area contributed by atoms with Crippen LogP contribution in [0.15, 0.2) is 18.7 Å². The average Bonchev–Trinajstić information content (AvgIpc) is 2.69. The lowest BCUT2D eigenvalue weighted by atomic mass is 10.1. The van der Waals surface area contributed by atoms with Gasteiger partial charge < -0.3 is 31.3 Å². The number of carbonyl (C=O) groups excluding carboxylic acids is 2. The fourth-order valence-electron chi connectivity index (χ4n) is 2.33. The molecule has 6 N–H and O–H groups in total. The van der Waals surface area contributed by atoms with Gasteiger partial charge in [0.2, 0.25) is 0 Å². The number of nitrogens with zero attached hydrogens (tertiary/aromatic N) is 2. The van der Waals surface area contributed by atoms with Gasteiger partial charge in [0.15, 0.2) is 0 Å². The molecule has 0 fully saturated rings. The van der Waals surface area contributed by atoms with Gasteiger partial charge in [-0.2, -0.15) is 0 Å².